The molecule has 0 radical (unpaired) electrons. The molecule has 20 heavy (non-hydrogen) atoms. The Morgan fingerprint density at radius 3 is 1.80 bits per heavy atom. The summed E-state index contributed by atoms with van der Waals surface area (Å²) in [7, 11) is -3.69. The van der Waals surface area contributed by atoms with Crippen LogP contribution in [0.25, 0.3) is 0 Å². The minimum absolute atomic E-state index is 0.0322. The summed E-state index contributed by atoms with van der Waals surface area (Å²) in [6.45, 7) is 0. The quantitative estimate of drug-likeness (QED) is 0.798. The van der Waals surface area contributed by atoms with Crippen LogP contribution < -0.4 is 0 Å². The molecule has 0 atom stereocenters. The number of rotatable bonds is 3. The van der Waals surface area contributed by atoms with Crippen LogP contribution in [-0.4, -0.2) is 13.9 Å². The van der Waals surface area contributed by atoms with Gasteiger partial charge >= 0.3 is 5.51 Å². The number of sulfone groups is 1. The normalized spacial score (nSPS) is 12.3. The van der Waals surface area contributed by atoms with Gasteiger partial charge in [0.15, 0.2) is 0 Å². The van der Waals surface area contributed by atoms with Gasteiger partial charge in [-0.15, -0.1) is 0 Å². The van der Waals surface area contributed by atoms with Gasteiger partial charge in [0.2, 0.25) is 9.84 Å². The summed E-state index contributed by atoms with van der Waals surface area (Å²) in [5, 5.41) is 0. The number of hydrogen-bond acceptors (Lipinski definition) is 3. The van der Waals surface area contributed by atoms with Gasteiger partial charge in [-0.3, -0.25) is 0 Å². The first-order valence-electron chi connectivity index (χ1n) is 5.45. The first-order chi connectivity index (χ1) is 9.29. The summed E-state index contributed by atoms with van der Waals surface area (Å²) < 4.78 is 61.0. The minimum Gasteiger partial charge on any atom is -0.219 e. The Labute approximate surface area is 118 Å². The fraction of sp³-hybridized carbons (Fsp3) is 0.0769. The largest absolute Gasteiger partial charge is 0.446 e. The molecule has 2 nitrogen and oxygen atoms in total. The Morgan fingerprint density at radius 2 is 1.30 bits per heavy atom. The van der Waals surface area contributed by atoms with E-state index in [0.29, 0.717) is 0 Å². The third kappa shape index (κ3) is 3.55. The lowest BCUT2D eigenvalue weighted by atomic mass is 10.4. The highest BCUT2D eigenvalue weighted by atomic mass is 32.2. The van der Waals surface area contributed by atoms with Gasteiger partial charge in [-0.05, 0) is 48.2 Å². The smallest absolute Gasteiger partial charge is 0.219 e. The molecule has 0 bridgehead atoms. The summed E-state index contributed by atoms with van der Waals surface area (Å²) in [6.07, 6.45) is 0. The molecule has 2 aromatic rings. The van der Waals surface area contributed by atoms with E-state index in [1.165, 1.54) is 24.3 Å². The molecule has 0 aromatic heterocycles. The van der Waals surface area contributed by atoms with Crippen molar-refractivity contribution in [2.45, 2.75) is 20.2 Å². The molecule has 2 aromatic carbocycles. The van der Waals surface area contributed by atoms with E-state index in [9.17, 15) is 21.6 Å². The molecule has 0 amide bonds. The molecule has 0 fully saturated rings. The highest BCUT2D eigenvalue weighted by Crippen LogP contribution is 2.37. The Morgan fingerprint density at radius 1 is 0.800 bits per heavy atom. The van der Waals surface area contributed by atoms with Gasteiger partial charge in [0.1, 0.15) is 0 Å². The second-order valence-corrected chi connectivity index (χ2v) is 6.92. The van der Waals surface area contributed by atoms with E-state index in [-0.39, 0.29) is 26.4 Å². The topological polar surface area (TPSA) is 34.1 Å². The van der Waals surface area contributed by atoms with E-state index in [2.05, 4.69) is 0 Å². The molecule has 0 unspecified atom stereocenters. The van der Waals surface area contributed by atoms with Gasteiger partial charge in [-0.2, -0.15) is 13.2 Å². The predicted octanol–water partition coefficient (Wildman–Crippen LogP) is 4.13. The van der Waals surface area contributed by atoms with E-state index in [4.69, 9.17) is 0 Å². The molecule has 0 aliphatic carbocycles. The van der Waals surface area contributed by atoms with Crippen LogP contribution in [0.2, 0.25) is 0 Å². The van der Waals surface area contributed by atoms with Crippen LogP contribution in [0.15, 0.2) is 69.3 Å². The maximum atomic E-state index is 12.2. The average Bonchev–Trinajstić information content (AvgIpc) is 2.38. The van der Waals surface area contributed by atoms with Gasteiger partial charge < -0.3 is 0 Å². The second-order valence-electron chi connectivity index (χ2n) is 3.84. The number of benzene rings is 2. The standard InChI is InChI=1S/C13H9F3O2S2/c14-13(15,16)19-10-6-8-12(9-7-10)20(17,18)11-4-2-1-3-5-11/h1-9H. The van der Waals surface area contributed by atoms with Gasteiger partial charge in [-0.25, -0.2) is 8.42 Å². The molecule has 2 rings (SSSR count). The zero-order valence-electron chi connectivity index (χ0n) is 9.96. The second kappa shape index (κ2) is 5.49. The maximum absolute atomic E-state index is 12.2. The van der Waals surface area contributed by atoms with Crippen molar-refractivity contribution in [3.8, 4) is 0 Å². The highest BCUT2D eigenvalue weighted by Gasteiger charge is 2.29. The van der Waals surface area contributed by atoms with Gasteiger partial charge in [0.05, 0.1) is 9.79 Å². The zero-order chi connectivity index (χ0) is 14.8. The van der Waals surface area contributed by atoms with Crippen LogP contribution in [0.1, 0.15) is 0 Å². The van der Waals surface area contributed by atoms with Gasteiger partial charge in [-0.1, -0.05) is 18.2 Å². The zero-order valence-corrected chi connectivity index (χ0v) is 11.6. The first-order valence-corrected chi connectivity index (χ1v) is 7.75. The third-order valence-corrected chi connectivity index (χ3v) is 4.95. The monoisotopic (exact) mass is 318 g/mol. The molecular formula is C13H9F3O2S2. The van der Waals surface area contributed by atoms with Crippen molar-refractivity contribution in [1.29, 1.82) is 0 Å². The summed E-state index contributed by atoms with van der Waals surface area (Å²) >= 11 is -0.279. The van der Waals surface area contributed by atoms with Crippen LogP contribution in [0.3, 0.4) is 0 Å². The van der Waals surface area contributed by atoms with Crippen molar-refractivity contribution in [1.82, 2.24) is 0 Å². The van der Waals surface area contributed by atoms with E-state index in [1.807, 2.05) is 0 Å². The lowest BCUT2D eigenvalue weighted by molar-refractivity contribution is -0.0328. The molecule has 7 heteroatoms. The van der Waals surface area contributed by atoms with Crippen molar-refractivity contribution >= 4 is 21.6 Å². The van der Waals surface area contributed by atoms with Crippen molar-refractivity contribution in [3.63, 3.8) is 0 Å². The molecule has 0 saturated heterocycles. The maximum Gasteiger partial charge on any atom is 0.446 e. The molecule has 0 spiro atoms. The number of hydrogen-bond donors (Lipinski definition) is 0. The minimum atomic E-state index is -4.39. The van der Waals surface area contributed by atoms with E-state index in [0.717, 1.165) is 12.1 Å². The summed E-state index contributed by atoms with van der Waals surface area (Å²) in [5.74, 6) is 0. The summed E-state index contributed by atoms with van der Waals surface area (Å²) in [5.41, 5.74) is -4.39. The lowest BCUT2D eigenvalue weighted by Gasteiger charge is -2.07. The van der Waals surface area contributed by atoms with Crippen molar-refractivity contribution in [2.24, 2.45) is 0 Å². The number of thioether (sulfide) groups is 1. The first kappa shape index (κ1) is 14.9. The third-order valence-electron chi connectivity index (χ3n) is 2.42. The average molecular weight is 318 g/mol. The molecule has 0 N–H and O–H groups in total. The molecule has 0 saturated carbocycles. The number of halogens is 3. The SMILES string of the molecule is O=S(=O)(c1ccccc1)c1ccc(SC(F)(F)F)cc1. The van der Waals surface area contributed by atoms with E-state index < -0.39 is 15.3 Å². The number of alkyl halides is 3. The van der Waals surface area contributed by atoms with E-state index >= 15 is 0 Å². The Balaban J connectivity index is 2.31. The van der Waals surface area contributed by atoms with Crippen molar-refractivity contribution in [3.05, 3.63) is 54.6 Å². The van der Waals surface area contributed by atoms with Crippen LogP contribution in [0.5, 0.6) is 0 Å². The molecule has 0 aliphatic rings. The Bertz CT molecular complexity index is 678. The molecule has 0 aliphatic heterocycles. The van der Waals surface area contributed by atoms with E-state index in [1.54, 1.807) is 18.2 Å². The highest BCUT2D eigenvalue weighted by molar-refractivity contribution is 8.00. The van der Waals surface area contributed by atoms with Crippen LogP contribution in [0.4, 0.5) is 13.2 Å². The fourth-order valence-electron chi connectivity index (χ4n) is 1.56. The van der Waals surface area contributed by atoms with Crippen molar-refractivity contribution < 1.29 is 21.6 Å². The predicted molar refractivity (Wildman–Crippen MR) is 70.2 cm³/mol. The van der Waals surface area contributed by atoms with Gasteiger partial charge in [0.25, 0.3) is 0 Å². The molecule has 106 valence electrons. The summed E-state index contributed by atoms with van der Waals surface area (Å²) in [6, 6.07) is 12.4. The van der Waals surface area contributed by atoms with Crippen LogP contribution >= 0.6 is 11.8 Å². The Hall–Kier alpha value is -1.47. The Kier molecular flexibility index (Phi) is 4.10. The lowest BCUT2D eigenvalue weighted by Crippen LogP contribution is -2.02. The molecular weight excluding hydrogens is 309 g/mol. The van der Waals surface area contributed by atoms with Gasteiger partial charge in [0, 0.05) is 4.90 Å². The van der Waals surface area contributed by atoms with Crippen molar-refractivity contribution in [2.75, 3.05) is 0 Å². The fourth-order valence-corrected chi connectivity index (χ4v) is 3.38. The molecule has 0 heterocycles. The van der Waals surface area contributed by atoms with Crippen LogP contribution in [-0.2, 0) is 9.84 Å². The van der Waals surface area contributed by atoms with Crippen LogP contribution in [0, 0.1) is 0 Å². The summed E-state index contributed by atoms with van der Waals surface area (Å²) in [4.78, 5) is 0.0240.